The van der Waals surface area contributed by atoms with Crippen LogP contribution in [0.5, 0.6) is 5.75 Å². The first-order chi connectivity index (χ1) is 13.0. The molecular formula is C19H23N3O3S2. The van der Waals surface area contributed by atoms with E-state index in [9.17, 15) is 9.59 Å². The van der Waals surface area contributed by atoms with E-state index in [-0.39, 0.29) is 11.1 Å². The lowest BCUT2D eigenvalue weighted by Gasteiger charge is -2.32. The Kier molecular flexibility index (Phi) is 6.51. The molecule has 0 N–H and O–H groups in total. The van der Waals surface area contributed by atoms with Gasteiger partial charge in [-0.05, 0) is 42.6 Å². The quantitative estimate of drug-likeness (QED) is 0.555. The minimum atomic E-state index is -0.120. The van der Waals surface area contributed by atoms with Crippen LogP contribution in [0.1, 0.15) is 12.0 Å². The first kappa shape index (κ1) is 19.9. The lowest BCUT2D eigenvalue weighted by molar-refractivity contribution is -0.132. The van der Waals surface area contributed by atoms with Gasteiger partial charge < -0.3 is 14.5 Å². The van der Waals surface area contributed by atoms with Crippen LogP contribution in [0.25, 0.3) is 6.08 Å². The van der Waals surface area contributed by atoms with Crippen molar-refractivity contribution in [1.29, 1.82) is 0 Å². The summed E-state index contributed by atoms with van der Waals surface area (Å²) in [4.78, 5) is 31.6. The van der Waals surface area contributed by atoms with Crippen molar-refractivity contribution < 1.29 is 14.3 Å². The van der Waals surface area contributed by atoms with E-state index in [1.165, 1.54) is 4.90 Å². The van der Waals surface area contributed by atoms with Crippen molar-refractivity contribution in [2.45, 2.75) is 6.42 Å². The summed E-state index contributed by atoms with van der Waals surface area (Å²) < 4.78 is 5.15. The monoisotopic (exact) mass is 405 g/mol. The summed E-state index contributed by atoms with van der Waals surface area (Å²) in [5.41, 5.74) is 0.948. The number of hydrogen-bond donors (Lipinski definition) is 0. The van der Waals surface area contributed by atoms with Gasteiger partial charge in [0.15, 0.2) is 0 Å². The molecule has 6 nitrogen and oxygen atoms in total. The summed E-state index contributed by atoms with van der Waals surface area (Å²) in [6, 6.07) is 7.56. The number of piperazine rings is 1. The van der Waals surface area contributed by atoms with Crippen molar-refractivity contribution >= 4 is 46.2 Å². The highest BCUT2D eigenvalue weighted by Crippen LogP contribution is 2.33. The molecular weight excluding hydrogens is 382 g/mol. The number of likely N-dealkylation sites (N-methyl/N-ethyl adjacent to an activating group) is 1. The van der Waals surface area contributed by atoms with E-state index in [1.807, 2.05) is 35.2 Å². The summed E-state index contributed by atoms with van der Waals surface area (Å²) in [5, 5.41) is -0.120. The molecule has 27 heavy (non-hydrogen) atoms. The molecule has 2 saturated heterocycles. The normalized spacial score (nSPS) is 19.9. The molecule has 2 aliphatic heterocycles. The van der Waals surface area contributed by atoms with Crippen molar-refractivity contribution in [3.63, 3.8) is 0 Å². The molecule has 0 atom stereocenters. The molecule has 8 heteroatoms. The minimum Gasteiger partial charge on any atom is -0.497 e. The van der Waals surface area contributed by atoms with Gasteiger partial charge in [0.2, 0.25) is 5.91 Å². The van der Waals surface area contributed by atoms with Crippen molar-refractivity contribution in [1.82, 2.24) is 14.7 Å². The standard InChI is InChI=1S/C19H23N3O3S2/c1-20-9-11-21(12-10-20)17(23)7-8-22-18(26)16(27-19(22)24)13-14-3-5-15(25-2)6-4-14/h3-6,13H,7-12H2,1-2H3/b16-13+. The molecule has 0 spiro atoms. The van der Waals surface area contributed by atoms with E-state index < -0.39 is 0 Å². The average Bonchev–Trinajstić information content (AvgIpc) is 2.94. The zero-order valence-corrected chi connectivity index (χ0v) is 17.1. The maximum atomic E-state index is 12.4. The van der Waals surface area contributed by atoms with Crippen molar-refractivity contribution in [2.75, 3.05) is 46.9 Å². The van der Waals surface area contributed by atoms with Gasteiger partial charge in [-0.1, -0.05) is 24.4 Å². The van der Waals surface area contributed by atoms with Gasteiger partial charge in [0.1, 0.15) is 10.7 Å². The van der Waals surface area contributed by atoms with Crippen LogP contribution in [0.15, 0.2) is 29.2 Å². The van der Waals surface area contributed by atoms with Gasteiger partial charge in [0, 0.05) is 39.1 Å². The van der Waals surface area contributed by atoms with Crippen LogP contribution in [0, 0.1) is 0 Å². The van der Waals surface area contributed by atoms with Crippen LogP contribution in [0.2, 0.25) is 0 Å². The number of methoxy groups -OCH3 is 1. The molecule has 1 aromatic carbocycles. The van der Waals surface area contributed by atoms with Crippen LogP contribution in [-0.2, 0) is 4.79 Å². The number of carbonyl (C=O) groups excluding carboxylic acids is 2. The number of amides is 2. The minimum absolute atomic E-state index is 0.0799. The number of thiocarbonyl (C=S) groups is 1. The highest BCUT2D eigenvalue weighted by molar-refractivity contribution is 8.19. The lowest BCUT2D eigenvalue weighted by Crippen LogP contribution is -2.47. The van der Waals surface area contributed by atoms with E-state index >= 15 is 0 Å². The van der Waals surface area contributed by atoms with E-state index in [0.717, 1.165) is 54.2 Å². The number of ether oxygens (including phenoxy) is 1. The summed E-state index contributed by atoms with van der Waals surface area (Å²) in [6.07, 6.45) is 2.19. The third-order valence-electron chi connectivity index (χ3n) is 4.69. The van der Waals surface area contributed by atoms with Crippen LogP contribution in [0.4, 0.5) is 4.79 Å². The fraction of sp³-hybridized carbons (Fsp3) is 0.421. The van der Waals surface area contributed by atoms with Crippen LogP contribution in [-0.4, -0.2) is 77.7 Å². The topological polar surface area (TPSA) is 53.1 Å². The molecule has 0 unspecified atom stereocenters. The predicted octanol–water partition coefficient (Wildman–Crippen LogP) is 2.70. The fourth-order valence-electron chi connectivity index (χ4n) is 2.97. The number of carbonyl (C=O) groups is 2. The molecule has 2 amide bonds. The Bertz CT molecular complexity index is 756. The first-order valence-electron chi connectivity index (χ1n) is 8.83. The SMILES string of the molecule is COc1ccc(/C=C2/SC(=O)N(CCC(=O)N3CCN(C)CC3)C2=S)cc1. The molecule has 0 saturated carbocycles. The average molecular weight is 406 g/mol. The van der Waals surface area contributed by atoms with Crippen molar-refractivity contribution in [3.8, 4) is 5.75 Å². The molecule has 0 radical (unpaired) electrons. The van der Waals surface area contributed by atoms with Gasteiger partial charge in [-0.3, -0.25) is 14.5 Å². The second-order valence-corrected chi connectivity index (χ2v) is 7.92. The van der Waals surface area contributed by atoms with Crippen molar-refractivity contribution in [3.05, 3.63) is 34.7 Å². The Morgan fingerprint density at radius 1 is 1.22 bits per heavy atom. The highest BCUT2D eigenvalue weighted by Gasteiger charge is 2.32. The number of nitrogens with zero attached hydrogens (tertiary/aromatic N) is 3. The van der Waals surface area contributed by atoms with Gasteiger partial charge in [-0.25, -0.2) is 0 Å². The highest BCUT2D eigenvalue weighted by atomic mass is 32.2. The van der Waals surface area contributed by atoms with E-state index in [0.29, 0.717) is 18.0 Å². The van der Waals surface area contributed by atoms with Crippen LogP contribution >= 0.6 is 24.0 Å². The Morgan fingerprint density at radius 2 is 1.89 bits per heavy atom. The first-order valence-corrected chi connectivity index (χ1v) is 10.1. The van der Waals surface area contributed by atoms with Gasteiger partial charge >= 0.3 is 0 Å². The molecule has 144 valence electrons. The Morgan fingerprint density at radius 3 is 2.52 bits per heavy atom. The van der Waals surface area contributed by atoms with Crippen LogP contribution in [0.3, 0.4) is 0 Å². The molecule has 2 fully saturated rings. The van der Waals surface area contributed by atoms with Gasteiger partial charge in [-0.2, -0.15) is 0 Å². The molecule has 3 rings (SSSR count). The van der Waals surface area contributed by atoms with E-state index in [4.69, 9.17) is 17.0 Å². The number of hydrogen-bond acceptors (Lipinski definition) is 6. The zero-order valence-electron chi connectivity index (χ0n) is 15.5. The zero-order chi connectivity index (χ0) is 19.4. The molecule has 0 bridgehead atoms. The molecule has 0 aromatic heterocycles. The smallest absolute Gasteiger partial charge is 0.291 e. The fourth-order valence-corrected chi connectivity index (χ4v) is 4.26. The Labute approximate surface area is 169 Å². The number of thioether (sulfide) groups is 1. The molecule has 2 heterocycles. The molecule has 0 aliphatic carbocycles. The van der Waals surface area contributed by atoms with Crippen molar-refractivity contribution in [2.24, 2.45) is 0 Å². The number of benzene rings is 1. The van der Waals surface area contributed by atoms with Crippen LogP contribution < -0.4 is 4.74 Å². The second kappa shape index (κ2) is 8.86. The largest absolute Gasteiger partial charge is 0.497 e. The van der Waals surface area contributed by atoms with Gasteiger partial charge in [0.05, 0.1) is 12.0 Å². The molecule has 1 aromatic rings. The third-order valence-corrected chi connectivity index (χ3v) is 6.19. The summed E-state index contributed by atoms with van der Waals surface area (Å²) in [7, 11) is 3.67. The summed E-state index contributed by atoms with van der Waals surface area (Å²) in [6.45, 7) is 3.58. The number of rotatable bonds is 5. The summed E-state index contributed by atoms with van der Waals surface area (Å²) in [5.74, 6) is 0.857. The Hall–Kier alpha value is -1.90. The maximum absolute atomic E-state index is 12.4. The summed E-state index contributed by atoms with van der Waals surface area (Å²) >= 11 is 6.59. The Balaban J connectivity index is 1.58. The second-order valence-electron chi connectivity index (χ2n) is 6.54. The maximum Gasteiger partial charge on any atom is 0.291 e. The predicted molar refractivity (Wildman–Crippen MR) is 112 cm³/mol. The van der Waals surface area contributed by atoms with Gasteiger partial charge in [-0.15, -0.1) is 0 Å². The van der Waals surface area contributed by atoms with E-state index in [1.54, 1.807) is 7.11 Å². The molecule has 2 aliphatic rings. The van der Waals surface area contributed by atoms with E-state index in [2.05, 4.69) is 11.9 Å². The van der Waals surface area contributed by atoms with Gasteiger partial charge in [0.25, 0.3) is 5.24 Å². The third kappa shape index (κ3) is 4.88. The lowest BCUT2D eigenvalue weighted by atomic mass is 10.2.